The zero-order valence-corrected chi connectivity index (χ0v) is 14.6. The van der Waals surface area contributed by atoms with Crippen molar-refractivity contribution < 1.29 is 19.5 Å². The molecule has 6 nitrogen and oxygen atoms in total. The molecule has 24 heavy (non-hydrogen) atoms. The molecule has 3 N–H and O–H groups in total. The number of carboxylic acids is 1. The van der Waals surface area contributed by atoms with Gasteiger partial charge in [-0.15, -0.1) is 0 Å². The molecule has 1 atom stereocenters. The van der Waals surface area contributed by atoms with Crippen molar-refractivity contribution in [2.24, 2.45) is 0 Å². The van der Waals surface area contributed by atoms with Crippen LogP contribution in [0.4, 0.5) is 0 Å². The molecule has 0 fully saturated rings. The van der Waals surface area contributed by atoms with Gasteiger partial charge < -0.3 is 15.7 Å². The van der Waals surface area contributed by atoms with Crippen LogP contribution in [0.1, 0.15) is 51.1 Å². The second-order valence-corrected chi connectivity index (χ2v) is 6.28. The Bertz CT molecular complexity index is 572. The van der Waals surface area contributed by atoms with Crippen LogP contribution in [0.25, 0.3) is 0 Å². The summed E-state index contributed by atoms with van der Waals surface area (Å²) in [6.07, 6.45) is 0.609. The molecule has 0 aromatic heterocycles. The van der Waals surface area contributed by atoms with Gasteiger partial charge >= 0.3 is 5.97 Å². The number of rotatable bonds is 9. The molecule has 1 aromatic rings. The average Bonchev–Trinajstić information content (AvgIpc) is 2.46. The molecule has 2 amide bonds. The zero-order valence-electron chi connectivity index (χ0n) is 13.8. The van der Waals surface area contributed by atoms with Gasteiger partial charge in [0.15, 0.2) is 0 Å². The molecule has 0 saturated carbocycles. The third-order valence-electron chi connectivity index (χ3n) is 3.24. The van der Waals surface area contributed by atoms with E-state index in [9.17, 15) is 14.4 Å². The van der Waals surface area contributed by atoms with Gasteiger partial charge in [0.1, 0.15) is 0 Å². The highest BCUT2D eigenvalue weighted by molar-refractivity contribution is 6.30. The van der Waals surface area contributed by atoms with Crippen LogP contribution >= 0.6 is 11.6 Å². The number of nitrogens with one attached hydrogen (secondary N) is 2. The van der Waals surface area contributed by atoms with Crippen molar-refractivity contribution in [1.29, 1.82) is 0 Å². The first-order chi connectivity index (χ1) is 11.3. The predicted molar refractivity (Wildman–Crippen MR) is 91.7 cm³/mol. The molecule has 7 heteroatoms. The summed E-state index contributed by atoms with van der Waals surface area (Å²) in [5.41, 5.74) is 0.674. The summed E-state index contributed by atoms with van der Waals surface area (Å²) in [4.78, 5) is 34.5. The lowest BCUT2D eigenvalue weighted by molar-refractivity contribution is -0.137. The van der Waals surface area contributed by atoms with Crippen molar-refractivity contribution >= 4 is 29.4 Å². The van der Waals surface area contributed by atoms with Crippen molar-refractivity contribution in [3.8, 4) is 0 Å². The first-order valence-electron chi connectivity index (χ1n) is 7.84. The fourth-order valence-corrected chi connectivity index (χ4v) is 2.32. The zero-order chi connectivity index (χ0) is 18.1. The predicted octanol–water partition coefficient (Wildman–Crippen LogP) is 2.67. The van der Waals surface area contributed by atoms with Crippen molar-refractivity contribution in [1.82, 2.24) is 10.6 Å². The van der Waals surface area contributed by atoms with Crippen LogP contribution in [0, 0.1) is 0 Å². The van der Waals surface area contributed by atoms with Crippen LogP contribution in [-0.4, -0.2) is 28.9 Å². The molecule has 0 aliphatic carbocycles. The molecule has 1 aromatic carbocycles. The van der Waals surface area contributed by atoms with Crippen molar-refractivity contribution in [2.75, 3.05) is 0 Å². The van der Waals surface area contributed by atoms with E-state index in [1.165, 1.54) is 0 Å². The lowest BCUT2D eigenvalue weighted by Gasteiger charge is -2.17. The Morgan fingerprint density at radius 3 is 2.08 bits per heavy atom. The van der Waals surface area contributed by atoms with Gasteiger partial charge in [-0.25, -0.2) is 0 Å². The average molecular weight is 355 g/mol. The molecule has 0 unspecified atom stereocenters. The van der Waals surface area contributed by atoms with Crippen LogP contribution in [0.2, 0.25) is 5.02 Å². The molecule has 0 aliphatic rings. The number of benzene rings is 1. The van der Waals surface area contributed by atoms with E-state index in [4.69, 9.17) is 16.7 Å². The fourth-order valence-electron chi connectivity index (χ4n) is 2.19. The van der Waals surface area contributed by atoms with Crippen molar-refractivity contribution in [2.45, 2.75) is 51.6 Å². The topological polar surface area (TPSA) is 95.5 Å². The van der Waals surface area contributed by atoms with Crippen LogP contribution in [0.3, 0.4) is 0 Å². The lowest BCUT2D eigenvalue weighted by Crippen LogP contribution is -2.31. The Kier molecular flexibility index (Phi) is 8.26. The molecule has 0 aliphatic heterocycles. The van der Waals surface area contributed by atoms with E-state index < -0.39 is 12.0 Å². The number of carbonyl (C=O) groups excluding carboxylic acids is 2. The van der Waals surface area contributed by atoms with Gasteiger partial charge in [-0.1, -0.05) is 23.7 Å². The quantitative estimate of drug-likeness (QED) is 0.635. The van der Waals surface area contributed by atoms with Crippen LogP contribution < -0.4 is 10.6 Å². The van der Waals surface area contributed by atoms with Crippen LogP contribution in [0.15, 0.2) is 24.3 Å². The highest BCUT2D eigenvalue weighted by atomic mass is 35.5. The maximum atomic E-state index is 12.0. The van der Waals surface area contributed by atoms with Gasteiger partial charge in [-0.2, -0.15) is 0 Å². The van der Waals surface area contributed by atoms with Gasteiger partial charge in [0, 0.05) is 23.9 Å². The summed E-state index contributed by atoms with van der Waals surface area (Å²) in [5.74, 6) is -1.39. The van der Waals surface area contributed by atoms with Crippen LogP contribution in [-0.2, 0) is 14.4 Å². The second-order valence-electron chi connectivity index (χ2n) is 5.85. The van der Waals surface area contributed by atoms with Crippen LogP contribution in [0.5, 0.6) is 0 Å². The highest BCUT2D eigenvalue weighted by Gasteiger charge is 2.18. The summed E-state index contributed by atoms with van der Waals surface area (Å²) in [6, 6.07) is 6.11. The maximum Gasteiger partial charge on any atom is 0.305 e. The van der Waals surface area contributed by atoms with Crippen molar-refractivity contribution in [3.63, 3.8) is 0 Å². The Morgan fingerprint density at radius 2 is 1.58 bits per heavy atom. The lowest BCUT2D eigenvalue weighted by atomic mass is 10.0. The molecule has 0 radical (unpaired) electrons. The minimum atomic E-state index is -1.01. The summed E-state index contributed by atoms with van der Waals surface area (Å²) in [7, 11) is 0. The van der Waals surface area contributed by atoms with E-state index in [-0.39, 0.29) is 37.1 Å². The van der Waals surface area contributed by atoms with Gasteiger partial charge in [-0.05, 0) is 38.0 Å². The third kappa shape index (κ3) is 7.97. The fraction of sp³-hybridized carbons (Fsp3) is 0.471. The summed E-state index contributed by atoms with van der Waals surface area (Å²) in [6.45, 7) is 3.74. The van der Waals surface area contributed by atoms with E-state index in [1.807, 2.05) is 13.8 Å². The first-order valence-corrected chi connectivity index (χ1v) is 8.21. The van der Waals surface area contributed by atoms with Gasteiger partial charge in [-0.3, -0.25) is 14.4 Å². The number of carbonyl (C=O) groups is 3. The Labute approximate surface area is 146 Å². The standard InChI is InChI=1S/C17H23ClN2O4/c1-11(2)19-15(21)4-3-5-16(22)20-14(10-17(23)24)12-6-8-13(18)9-7-12/h6-9,11,14H,3-5,10H2,1-2H3,(H,19,21)(H,20,22)(H,23,24)/t14-/m0/s1. The maximum absolute atomic E-state index is 12.0. The Morgan fingerprint density at radius 1 is 1.04 bits per heavy atom. The normalized spacial score (nSPS) is 11.8. The molecule has 0 bridgehead atoms. The number of hydrogen-bond acceptors (Lipinski definition) is 3. The van der Waals surface area contributed by atoms with E-state index in [0.717, 1.165) is 0 Å². The van der Waals surface area contributed by atoms with Gasteiger partial charge in [0.2, 0.25) is 11.8 Å². The minimum Gasteiger partial charge on any atom is -0.481 e. The van der Waals surface area contributed by atoms with E-state index in [0.29, 0.717) is 17.0 Å². The van der Waals surface area contributed by atoms with Gasteiger partial charge in [0.05, 0.1) is 12.5 Å². The number of halogens is 1. The smallest absolute Gasteiger partial charge is 0.305 e. The molecule has 0 heterocycles. The molecule has 1 rings (SSSR count). The minimum absolute atomic E-state index is 0.0659. The molecular weight excluding hydrogens is 332 g/mol. The molecule has 0 spiro atoms. The Hall–Kier alpha value is -2.08. The largest absolute Gasteiger partial charge is 0.481 e. The number of carboxylic acid groups (broad SMARTS) is 1. The third-order valence-corrected chi connectivity index (χ3v) is 3.50. The van der Waals surface area contributed by atoms with Gasteiger partial charge in [0.25, 0.3) is 0 Å². The number of amides is 2. The molecular formula is C17H23ClN2O4. The SMILES string of the molecule is CC(C)NC(=O)CCCC(=O)N[C@@H](CC(=O)O)c1ccc(Cl)cc1. The van der Waals surface area contributed by atoms with E-state index in [1.54, 1.807) is 24.3 Å². The van der Waals surface area contributed by atoms with E-state index in [2.05, 4.69) is 10.6 Å². The highest BCUT2D eigenvalue weighted by Crippen LogP contribution is 2.19. The Balaban J connectivity index is 2.54. The first kappa shape index (κ1) is 20.0. The second kappa shape index (κ2) is 9.93. The van der Waals surface area contributed by atoms with Crippen molar-refractivity contribution in [3.05, 3.63) is 34.9 Å². The summed E-state index contributed by atoms with van der Waals surface area (Å²) >= 11 is 5.82. The molecule has 132 valence electrons. The molecule has 0 saturated heterocycles. The number of hydrogen-bond donors (Lipinski definition) is 3. The monoisotopic (exact) mass is 354 g/mol. The summed E-state index contributed by atoms with van der Waals surface area (Å²) < 4.78 is 0. The summed E-state index contributed by atoms with van der Waals surface area (Å²) in [5, 5.41) is 15.0. The number of aliphatic carboxylic acids is 1. The van der Waals surface area contributed by atoms with E-state index >= 15 is 0 Å².